The first-order valence-corrected chi connectivity index (χ1v) is 6.92. The van der Waals surface area contributed by atoms with Crippen LogP contribution in [-0.4, -0.2) is 16.4 Å². The van der Waals surface area contributed by atoms with E-state index in [9.17, 15) is 0 Å². The molecule has 16 heavy (non-hydrogen) atoms. The molecular weight excluding hydrogens is 288 g/mol. The van der Waals surface area contributed by atoms with Crippen LogP contribution in [0.2, 0.25) is 0 Å². The number of alkyl halides is 1. The molecule has 1 saturated carbocycles. The number of halogens is 2. The maximum absolute atomic E-state index is 6.30. The Hall–Kier alpha value is -0.280. The summed E-state index contributed by atoms with van der Waals surface area (Å²) in [6.07, 6.45) is 6.60. The van der Waals surface area contributed by atoms with Crippen molar-refractivity contribution in [3.05, 3.63) is 22.3 Å². The van der Waals surface area contributed by atoms with Gasteiger partial charge in [0.15, 0.2) is 0 Å². The zero-order chi connectivity index (χ0) is 11.5. The van der Waals surface area contributed by atoms with Crippen LogP contribution >= 0.6 is 27.5 Å². The van der Waals surface area contributed by atoms with Crippen LogP contribution in [0.15, 0.2) is 16.7 Å². The second kappa shape index (κ2) is 5.37. The van der Waals surface area contributed by atoms with E-state index in [2.05, 4.69) is 39.2 Å². The molecule has 1 N–H and O–H groups in total. The predicted molar refractivity (Wildman–Crippen MR) is 72.2 cm³/mol. The Kier molecular flexibility index (Phi) is 4.09. The largest absolute Gasteiger partial charge is 0.366 e. The number of pyridine rings is 1. The maximum Gasteiger partial charge on any atom is 0.126 e. The Morgan fingerprint density at radius 1 is 1.44 bits per heavy atom. The average molecular weight is 304 g/mol. The van der Waals surface area contributed by atoms with Crippen molar-refractivity contribution in [1.29, 1.82) is 0 Å². The normalized spacial score (nSPS) is 25.4. The second-order valence-corrected chi connectivity index (χ2v) is 5.78. The van der Waals surface area contributed by atoms with Gasteiger partial charge in [-0.2, -0.15) is 0 Å². The Morgan fingerprint density at radius 2 is 2.19 bits per heavy atom. The van der Waals surface area contributed by atoms with Gasteiger partial charge in [0.25, 0.3) is 0 Å². The summed E-state index contributed by atoms with van der Waals surface area (Å²) in [5, 5.41) is 3.67. The summed E-state index contributed by atoms with van der Waals surface area (Å²) in [6.45, 7) is 2.07. The van der Waals surface area contributed by atoms with Crippen LogP contribution < -0.4 is 5.32 Å². The summed E-state index contributed by atoms with van der Waals surface area (Å²) in [5.41, 5.74) is 1.19. The van der Waals surface area contributed by atoms with Crippen molar-refractivity contribution in [3.8, 4) is 0 Å². The summed E-state index contributed by atoms with van der Waals surface area (Å²) in [4.78, 5) is 4.35. The quantitative estimate of drug-likeness (QED) is 0.832. The molecule has 0 bridgehead atoms. The monoisotopic (exact) mass is 302 g/mol. The summed E-state index contributed by atoms with van der Waals surface area (Å²) in [7, 11) is 0. The fourth-order valence-corrected chi connectivity index (χ4v) is 2.62. The first-order valence-electron chi connectivity index (χ1n) is 5.69. The lowest BCUT2D eigenvalue weighted by Crippen LogP contribution is -2.33. The van der Waals surface area contributed by atoms with E-state index in [4.69, 9.17) is 11.6 Å². The van der Waals surface area contributed by atoms with Gasteiger partial charge >= 0.3 is 0 Å². The number of nitrogens with zero attached hydrogens (tertiary/aromatic N) is 1. The molecular formula is C12H16BrClN2. The minimum Gasteiger partial charge on any atom is -0.366 e. The molecule has 2 atom stereocenters. The highest BCUT2D eigenvalue weighted by atomic mass is 79.9. The number of aryl methyl sites for hydroxylation is 1. The Labute approximate surface area is 110 Å². The van der Waals surface area contributed by atoms with Crippen molar-refractivity contribution in [2.75, 3.05) is 5.32 Å². The van der Waals surface area contributed by atoms with Gasteiger partial charge in [0.1, 0.15) is 5.82 Å². The van der Waals surface area contributed by atoms with Crippen molar-refractivity contribution in [3.63, 3.8) is 0 Å². The number of rotatable bonds is 2. The van der Waals surface area contributed by atoms with Gasteiger partial charge in [-0.15, -0.1) is 11.6 Å². The van der Waals surface area contributed by atoms with Crippen LogP contribution in [0.3, 0.4) is 0 Å². The lowest BCUT2D eigenvalue weighted by Gasteiger charge is -2.28. The van der Waals surface area contributed by atoms with Gasteiger partial charge in [0.2, 0.25) is 0 Å². The Morgan fingerprint density at radius 3 is 2.88 bits per heavy atom. The third kappa shape index (κ3) is 2.89. The molecule has 1 aliphatic carbocycles. The number of hydrogen-bond acceptors (Lipinski definition) is 2. The Bertz CT molecular complexity index is 370. The molecule has 2 nitrogen and oxygen atoms in total. The highest BCUT2D eigenvalue weighted by Crippen LogP contribution is 2.26. The fourth-order valence-electron chi connectivity index (χ4n) is 2.06. The minimum atomic E-state index is 0.236. The molecule has 0 aliphatic heterocycles. The molecule has 1 heterocycles. The smallest absolute Gasteiger partial charge is 0.126 e. The summed E-state index contributed by atoms with van der Waals surface area (Å²) < 4.78 is 1.05. The Balaban J connectivity index is 2.05. The van der Waals surface area contributed by atoms with E-state index >= 15 is 0 Å². The van der Waals surface area contributed by atoms with Crippen molar-refractivity contribution >= 4 is 33.3 Å². The van der Waals surface area contributed by atoms with Gasteiger partial charge in [0, 0.05) is 16.7 Å². The van der Waals surface area contributed by atoms with E-state index in [1.165, 1.54) is 18.4 Å². The van der Waals surface area contributed by atoms with E-state index in [0.29, 0.717) is 6.04 Å². The van der Waals surface area contributed by atoms with E-state index in [0.717, 1.165) is 23.1 Å². The average Bonchev–Trinajstić information content (AvgIpc) is 2.27. The third-order valence-corrected chi connectivity index (χ3v) is 4.41. The van der Waals surface area contributed by atoms with Crippen LogP contribution in [0, 0.1) is 6.92 Å². The molecule has 4 heteroatoms. The standard InChI is InChI=1S/C12H16BrClN2/c1-8-6-12(15-7-9(8)13)16-11-5-3-2-4-10(11)14/h6-7,10-11H,2-5H2,1H3,(H,15,16). The van der Waals surface area contributed by atoms with E-state index in [1.54, 1.807) is 0 Å². The van der Waals surface area contributed by atoms with Gasteiger partial charge in [-0.3, -0.25) is 0 Å². The topological polar surface area (TPSA) is 24.9 Å². The minimum absolute atomic E-state index is 0.236. The molecule has 1 fully saturated rings. The van der Waals surface area contributed by atoms with Gasteiger partial charge in [-0.05, 0) is 47.3 Å². The molecule has 1 aromatic heterocycles. The summed E-state index contributed by atoms with van der Waals surface area (Å²) in [5.74, 6) is 0.929. The molecule has 0 spiro atoms. The zero-order valence-corrected chi connectivity index (χ0v) is 11.7. The van der Waals surface area contributed by atoms with Crippen LogP contribution in [0.4, 0.5) is 5.82 Å². The van der Waals surface area contributed by atoms with Crippen molar-refractivity contribution in [2.24, 2.45) is 0 Å². The SMILES string of the molecule is Cc1cc(NC2CCCCC2Cl)ncc1Br. The first-order chi connectivity index (χ1) is 7.66. The third-order valence-electron chi connectivity index (χ3n) is 3.06. The van der Waals surface area contributed by atoms with Crippen molar-refractivity contribution < 1.29 is 0 Å². The molecule has 0 amide bonds. The van der Waals surface area contributed by atoms with Gasteiger partial charge in [0.05, 0.1) is 5.38 Å². The van der Waals surface area contributed by atoms with Gasteiger partial charge in [-0.25, -0.2) is 4.98 Å². The highest BCUT2D eigenvalue weighted by molar-refractivity contribution is 9.10. The van der Waals surface area contributed by atoms with Gasteiger partial charge in [-0.1, -0.05) is 12.8 Å². The highest BCUT2D eigenvalue weighted by Gasteiger charge is 2.23. The molecule has 2 rings (SSSR count). The van der Waals surface area contributed by atoms with Crippen LogP contribution in [0.1, 0.15) is 31.2 Å². The van der Waals surface area contributed by atoms with Crippen molar-refractivity contribution in [2.45, 2.75) is 44.0 Å². The predicted octanol–water partition coefficient (Wildman–Crippen LogP) is 4.11. The summed E-state index contributed by atoms with van der Waals surface area (Å²) in [6, 6.07) is 2.42. The van der Waals surface area contributed by atoms with E-state index in [-0.39, 0.29) is 5.38 Å². The number of aromatic nitrogens is 1. The van der Waals surface area contributed by atoms with Crippen LogP contribution in [0.5, 0.6) is 0 Å². The lowest BCUT2D eigenvalue weighted by molar-refractivity contribution is 0.468. The second-order valence-electron chi connectivity index (χ2n) is 4.37. The number of hydrogen-bond donors (Lipinski definition) is 1. The first kappa shape index (κ1) is 12.2. The molecule has 0 aromatic carbocycles. The van der Waals surface area contributed by atoms with Crippen molar-refractivity contribution in [1.82, 2.24) is 4.98 Å². The molecule has 2 unspecified atom stereocenters. The fraction of sp³-hybridized carbons (Fsp3) is 0.583. The molecule has 0 radical (unpaired) electrons. The number of anilines is 1. The lowest BCUT2D eigenvalue weighted by atomic mass is 9.95. The molecule has 1 aliphatic rings. The van der Waals surface area contributed by atoms with Crippen LogP contribution in [-0.2, 0) is 0 Å². The molecule has 1 aromatic rings. The van der Waals surface area contributed by atoms with E-state index in [1.807, 2.05) is 6.20 Å². The summed E-state index contributed by atoms with van der Waals surface area (Å²) >= 11 is 9.75. The van der Waals surface area contributed by atoms with Crippen LogP contribution in [0.25, 0.3) is 0 Å². The van der Waals surface area contributed by atoms with E-state index < -0.39 is 0 Å². The zero-order valence-electron chi connectivity index (χ0n) is 9.34. The molecule has 0 saturated heterocycles. The number of nitrogens with one attached hydrogen (secondary N) is 1. The van der Waals surface area contributed by atoms with Gasteiger partial charge < -0.3 is 5.32 Å². The molecule has 88 valence electrons. The maximum atomic E-state index is 6.30.